The van der Waals surface area contributed by atoms with Crippen molar-refractivity contribution in [2.75, 3.05) is 13.6 Å². The van der Waals surface area contributed by atoms with E-state index in [0.717, 1.165) is 36.8 Å². The van der Waals surface area contributed by atoms with E-state index in [1.165, 1.54) is 5.56 Å². The lowest BCUT2D eigenvalue weighted by Gasteiger charge is -2.18. The molecule has 1 aromatic carbocycles. The maximum absolute atomic E-state index is 4.30. The molecule has 2 N–H and O–H groups in total. The summed E-state index contributed by atoms with van der Waals surface area (Å²) in [6.07, 6.45) is 3.82. The SMILES string of the molecule is CN=C(NCCCc1nnc2ccccn12)NC(C)c1ccccc1. The summed E-state index contributed by atoms with van der Waals surface area (Å²) in [4.78, 5) is 4.30. The van der Waals surface area contributed by atoms with Crippen LogP contribution in [-0.4, -0.2) is 34.2 Å². The zero-order chi connectivity index (χ0) is 17.5. The molecule has 3 aromatic rings. The standard InChI is InChI=1S/C19H24N6/c1-15(16-9-4-3-5-10-16)22-19(20-2)21-13-8-12-18-24-23-17-11-6-7-14-25(17)18/h3-7,9-11,14-15H,8,12-13H2,1-2H3,(H2,20,21,22). The average Bonchev–Trinajstić information content (AvgIpc) is 3.08. The molecule has 0 spiro atoms. The van der Waals surface area contributed by atoms with Crippen molar-refractivity contribution >= 4 is 11.6 Å². The monoisotopic (exact) mass is 336 g/mol. The molecule has 0 aliphatic rings. The molecule has 6 heteroatoms. The fraction of sp³-hybridized carbons (Fsp3) is 0.316. The van der Waals surface area contributed by atoms with E-state index in [1.807, 2.05) is 47.0 Å². The second-order valence-corrected chi connectivity index (χ2v) is 5.92. The number of hydrogen-bond donors (Lipinski definition) is 2. The van der Waals surface area contributed by atoms with Crippen molar-refractivity contribution in [2.45, 2.75) is 25.8 Å². The molecule has 0 radical (unpaired) electrons. The maximum Gasteiger partial charge on any atom is 0.191 e. The molecule has 2 heterocycles. The van der Waals surface area contributed by atoms with Crippen molar-refractivity contribution in [3.63, 3.8) is 0 Å². The Bertz CT molecular complexity index is 824. The minimum atomic E-state index is 0.202. The van der Waals surface area contributed by atoms with E-state index in [2.05, 4.69) is 44.9 Å². The van der Waals surface area contributed by atoms with Crippen LogP contribution >= 0.6 is 0 Å². The van der Waals surface area contributed by atoms with E-state index in [1.54, 1.807) is 7.05 Å². The smallest absolute Gasteiger partial charge is 0.191 e. The van der Waals surface area contributed by atoms with Crippen LogP contribution in [0.25, 0.3) is 5.65 Å². The van der Waals surface area contributed by atoms with Crippen molar-refractivity contribution in [3.05, 3.63) is 66.1 Å². The number of nitrogens with one attached hydrogen (secondary N) is 2. The van der Waals surface area contributed by atoms with Crippen LogP contribution in [0.2, 0.25) is 0 Å². The minimum absolute atomic E-state index is 0.202. The highest BCUT2D eigenvalue weighted by Crippen LogP contribution is 2.10. The summed E-state index contributed by atoms with van der Waals surface area (Å²) in [5.74, 6) is 1.79. The molecule has 1 unspecified atom stereocenters. The van der Waals surface area contributed by atoms with Gasteiger partial charge in [0.1, 0.15) is 5.82 Å². The van der Waals surface area contributed by atoms with Gasteiger partial charge in [-0.2, -0.15) is 0 Å². The fourth-order valence-electron chi connectivity index (χ4n) is 2.74. The Morgan fingerprint density at radius 2 is 1.92 bits per heavy atom. The van der Waals surface area contributed by atoms with Gasteiger partial charge in [-0.3, -0.25) is 9.39 Å². The Labute approximate surface area is 148 Å². The van der Waals surface area contributed by atoms with Crippen molar-refractivity contribution in [1.29, 1.82) is 0 Å². The number of nitrogens with zero attached hydrogens (tertiary/aromatic N) is 4. The van der Waals surface area contributed by atoms with E-state index >= 15 is 0 Å². The van der Waals surface area contributed by atoms with Crippen LogP contribution in [0.5, 0.6) is 0 Å². The summed E-state index contributed by atoms with van der Waals surface area (Å²) in [5, 5.41) is 15.2. The number of benzene rings is 1. The molecular formula is C19H24N6. The lowest BCUT2D eigenvalue weighted by Crippen LogP contribution is -2.39. The molecule has 0 amide bonds. The van der Waals surface area contributed by atoms with E-state index in [0.29, 0.717) is 0 Å². The first-order chi connectivity index (χ1) is 12.3. The first-order valence-electron chi connectivity index (χ1n) is 8.58. The zero-order valence-corrected chi connectivity index (χ0v) is 14.7. The lowest BCUT2D eigenvalue weighted by atomic mass is 10.1. The van der Waals surface area contributed by atoms with Gasteiger partial charge in [-0.25, -0.2) is 0 Å². The van der Waals surface area contributed by atoms with Crippen LogP contribution in [0.3, 0.4) is 0 Å². The molecule has 0 saturated carbocycles. The second-order valence-electron chi connectivity index (χ2n) is 5.92. The van der Waals surface area contributed by atoms with Crippen LogP contribution in [0.4, 0.5) is 0 Å². The van der Waals surface area contributed by atoms with Crippen molar-refractivity contribution < 1.29 is 0 Å². The summed E-state index contributed by atoms with van der Waals surface area (Å²) in [6, 6.07) is 16.5. The van der Waals surface area contributed by atoms with E-state index in [-0.39, 0.29) is 6.04 Å². The van der Waals surface area contributed by atoms with Gasteiger partial charge in [0.2, 0.25) is 0 Å². The molecule has 3 rings (SSSR count). The van der Waals surface area contributed by atoms with Gasteiger partial charge in [0.25, 0.3) is 0 Å². The largest absolute Gasteiger partial charge is 0.356 e. The summed E-state index contributed by atoms with van der Waals surface area (Å²) in [5.41, 5.74) is 2.13. The molecule has 130 valence electrons. The zero-order valence-electron chi connectivity index (χ0n) is 14.7. The van der Waals surface area contributed by atoms with Crippen LogP contribution in [-0.2, 0) is 6.42 Å². The number of aliphatic imine (C=N–C) groups is 1. The third-order valence-corrected chi connectivity index (χ3v) is 4.13. The number of guanidine groups is 1. The Kier molecular flexibility index (Phi) is 5.61. The summed E-state index contributed by atoms with van der Waals surface area (Å²) in [7, 11) is 1.79. The van der Waals surface area contributed by atoms with E-state index < -0.39 is 0 Å². The van der Waals surface area contributed by atoms with Crippen molar-refractivity contribution in [3.8, 4) is 0 Å². The highest BCUT2D eigenvalue weighted by Gasteiger charge is 2.07. The van der Waals surface area contributed by atoms with Crippen LogP contribution in [0, 0.1) is 0 Å². The number of aromatic nitrogens is 3. The normalized spacial score (nSPS) is 13.0. The summed E-state index contributed by atoms with van der Waals surface area (Å²) >= 11 is 0. The van der Waals surface area contributed by atoms with Crippen molar-refractivity contribution in [2.24, 2.45) is 4.99 Å². The molecule has 0 bridgehead atoms. The Morgan fingerprint density at radius 3 is 2.72 bits per heavy atom. The highest BCUT2D eigenvalue weighted by atomic mass is 15.2. The first-order valence-corrected chi connectivity index (χ1v) is 8.58. The molecule has 1 atom stereocenters. The molecule has 0 saturated heterocycles. The van der Waals surface area contributed by atoms with E-state index in [4.69, 9.17) is 0 Å². The second kappa shape index (κ2) is 8.28. The molecule has 0 aliphatic carbocycles. The van der Waals surface area contributed by atoms with Crippen LogP contribution < -0.4 is 10.6 Å². The molecule has 2 aromatic heterocycles. The van der Waals surface area contributed by atoms with Gasteiger partial charge >= 0.3 is 0 Å². The van der Waals surface area contributed by atoms with Gasteiger partial charge in [0, 0.05) is 26.2 Å². The maximum atomic E-state index is 4.30. The molecule has 0 fully saturated rings. The van der Waals surface area contributed by atoms with Gasteiger partial charge in [-0.15, -0.1) is 10.2 Å². The summed E-state index contributed by atoms with van der Waals surface area (Å²) < 4.78 is 2.03. The summed E-state index contributed by atoms with van der Waals surface area (Å²) in [6.45, 7) is 2.95. The highest BCUT2D eigenvalue weighted by molar-refractivity contribution is 5.80. The third-order valence-electron chi connectivity index (χ3n) is 4.13. The van der Waals surface area contributed by atoms with Gasteiger partial charge in [0.15, 0.2) is 11.6 Å². The number of aryl methyl sites for hydroxylation is 1. The Balaban J connectivity index is 1.47. The molecule has 25 heavy (non-hydrogen) atoms. The molecular weight excluding hydrogens is 312 g/mol. The van der Waals surface area contributed by atoms with Gasteiger partial charge < -0.3 is 10.6 Å². The van der Waals surface area contributed by atoms with Gasteiger partial charge in [-0.1, -0.05) is 36.4 Å². The molecule has 0 aliphatic heterocycles. The van der Waals surface area contributed by atoms with Gasteiger partial charge in [0.05, 0.1) is 6.04 Å². The first kappa shape index (κ1) is 17.0. The Morgan fingerprint density at radius 1 is 1.12 bits per heavy atom. The lowest BCUT2D eigenvalue weighted by molar-refractivity contribution is 0.667. The fourth-order valence-corrected chi connectivity index (χ4v) is 2.74. The van der Waals surface area contributed by atoms with E-state index in [9.17, 15) is 0 Å². The van der Waals surface area contributed by atoms with Crippen molar-refractivity contribution in [1.82, 2.24) is 25.2 Å². The average molecular weight is 336 g/mol. The van der Waals surface area contributed by atoms with Gasteiger partial charge in [-0.05, 0) is 31.0 Å². The Hall–Kier alpha value is -2.89. The van der Waals surface area contributed by atoms with Crippen LogP contribution in [0.15, 0.2) is 59.7 Å². The van der Waals surface area contributed by atoms with Crippen LogP contribution in [0.1, 0.15) is 30.8 Å². The topological polar surface area (TPSA) is 66.6 Å². The number of rotatable bonds is 6. The molecule has 6 nitrogen and oxygen atoms in total. The quantitative estimate of drug-likeness (QED) is 0.412. The minimum Gasteiger partial charge on any atom is -0.356 e. The number of hydrogen-bond acceptors (Lipinski definition) is 3. The number of fused-ring (bicyclic) bond motifs is 1. The predicted octanol–water partition coefficient (Wildman–Crippen LogP) is 2.59. The number of pyridine rings is 1. The predicted molar refractivity (Wildman–Crippen MR) is 101 cm³/mol. The third kappa shape index (κ3) is 4.35.